The standard InChI is InChI=1S/C13H14BrClN4O/c1-2-3-11-17-12(19-16)7-13(18-11)20-10-5-4-8(15)6-9(10)14/h4-7H,2-3,16H2,1H3,(H,17,18,19). The highest BCUT2D eigenvalue weighted by Crippen LogP contribution is 2.31. The number of ether oxygens (including phenoxy) is 1. The van der Waals surface area contributed by atoms with Gasteiger partial charge in [0.25, 0.3) is 0 Å². The number of aromatic nitrogens is 2. The molecule has 7 heteroatoms. The number of halogens is 2. The Morgan fingerprint density at radius 3 is 2.80 bits per heavy atom. The van der Waals surface area contributed by atoms with E-state index in [1.807, 2.05) is 0 Å². The van der Waals surface area contributed by atoms with Crippen molar-refractivity contribution in [3.05, 3.63) is 39.6 Å². The van der Waals surface area contributed by atoms with Gasteiger partial charge < -0.3 is 10.2 Å². The van der Waals surface area contributed by atoms with E-state index in [0.717, 1.165) is 17.3 Å². The van der Waals surface area contributed by atoms with Gasteiger partial charge in [-0.2, -0.15) is 4.98 Å². The highest BCUT2D eigenvalue weighted by atomic mass is 79.9. The van der Waals surface area contributed by atoms with Gasteiger partial charge in [-0.15, -0.1) is 0 Å². The minimum atomic E-state index is 0.430. The van der Waals surface area contributed by atoms with E-state index in [0.29, 0.717) is 28.3 Å². The van der Waals surface area contributed by atoms with Crippen molar-refractivity contribution in [2.45, 2.75) is 19.8 Å². The maximum atomic E-state index is 5.90. The predicted molar refractivity (Wildman–Crippen MR) is 83.1 cm³/mol. The number of nitrogens with two attached hydrogens (primary N) is 1. The van der Waals surface area contributed by atoms with E-state index in [4.69, 9.17) is 22.2 Å². The van der Waals surface area contributed by atoms with Crippen molar-refractivity contribution in [2.75, 3.05) is 5.43 Å². The normalized spacial score (nSPS) is 10.4. The van der Waals surface area contributed by atoms with E-state index in [2.05, 4.69) is 38.2 Å². The molecule has 0 amide bonds. The highest BCUT2D eigenvalue weighted by molar-refractivity contribution is 9.10. The van der Waals surface area contributed by atoms with Crippen LogP contribution in [0.2, 0.25) is 5.02 Å². The van der Waals surface area contributed by atoms with Crippen LogP contribution in [0.15, 0.2) is 28.7 Å². The van der Waals surface area contributed by atoms with Crippen LogP contribution >= 0.6 is 27.5 Å². The van der Waals surface area contributed by atoms with Gasteiger partial charge in [-0.3, -0.25) is 0 Å². The first-order chi connectivity index (χ1) is 9.62. The molecule has 0 aliphatic heterocycles. The zero-order valence-electron chi connectivity index (χ0n) is 10.9. The van der Waals surface area contributed by atoms with E-state index < -0.39 is 0 Å². The Kier molecular flexibility index (Phi) is 5.17. The number of nitrogen functional groups attached to an aromatic ring is 1. The average Bonchev–Trinajstić information content (AvgIpc) is 2.42. The molecular formula is C13H14BrClN4O. The summed E-state index contributed by atoms with van der Waals surface area (Å²) in [5, 5.41) is 0.628. The molecule has 0 bridgehead atoms. The van der Waals surface area contributed by atoms with E-state index >= 15 is 0 Å². The number of aryl methyl sites for hydroxylation is 1. The van der Waals surface area contributed by atoms with E-state index in [-0.39, 0.29) is 0 Å². The fraction of sp³-hybridized carbons (Fsp3) is 0.231. The number of hydrazine groups is 1. The summed E-state index contributed by atoms with van der Waals surface area (Å²) in [5.74, 6) is 7.66. The molecule has 2 rings (SSSR count). The molecule has 0 saturated heterocycles. The molecule has 5 nitrogen and oxygen atoms in total. The zero-order valence-corrected chi connectivity index (χ0v) is 13.2. The third kappa shape index (κ3) is 3.82. The van der Waals surface area contributed by atoms with Crippen LogP contribution in [0, 0.1) is 0 Å². The first kappa shape index (κ1) is 15.0. The molecule has 0 aliphatic rings. The maximum absolute atomic E-state index is 5.90. The number of nitrogens with one attached hydrogen (secondary N) is 1. The first-order valence-electron chi connectivity index (χ1n) is 6.10. The van der Waals surface area contributed by atoms with Crippen molar-refractivity contribution in [3.8, 4) is 11.6 Å². The lowest BCUT2D eigenvalue weighted by Crippen LogP contribution is -2.10. The summed E-state index contributed by atoms with van der Waals surface area (Å²) in [6.45, 7) is 2.06. The van der Waals surface area contributed by atoms with Crippen LogP contribution in [-0.2, 0) is 6.42 Å². The number of anilines is 1. The molecule has 0 saturated carbocycles. The lowest BCUT2D eigenvalue weighted by Gasteiger charge is -2.10. The second-order valence-electron chi connectivity index (χ2n) is 4.08. The number of rotatable bonds is 5. The zero-order chi connectivity index (χ0) is 14.5. The summed E-state index contributed by atoms with van der Waals surface area (Å²) in [7, 11) is 0. The van der Waals surface area contributed by atoms with Crippen molar-refractivity contribution in [1.29, 1.82) is 0 Å². The van der Waals surface area contributed by atoms with Gasteiger partial charge in [0.2, 0.25) is 5.88 Å². The third-order valence-corrected chi connectivity index (χ3v) is 3.33. The summed E-state index contributed by atoms with van der Waals surface area (Å²) in [4.78, 5) is 8.61. The molecule has 0 aliphatic carbocycles. The Bertz CT molecular complexity index is 609. The van der Waals surface area contributed by atoms with Crippen molar-refractivity contribution >= 4 is 33.3 Å². The second-order valence-corrected chi connectivity index (χ2v) is 5.37. The van der Waals surface area contributed by atoms with Crippen molar-refractivity contribution in [1.82, 2.24) is 9.97 Å². The Morgan fingerprint density at radius 1 is 1.35 bits per heavy atom. The van der Waals surface area contributed by atoms with Gasteiger partial charge in [-0.25, -0.2) is 10.8 Å². The Labute approximate surface area is 130 Å². The van der Waals surface area contributed by atoms with Gasteiger partial charge in [-0.1, -0.05) is 18.5 Å². The quantitative estimate of drug-likeness (QED) is 0.626. The molecule has 0 unspecified atom stereocenters. The van der Waals surface area contributed by atoms with Crippen LogP contribution in [0.4, 0.5) is 5.82 Å². The molecule has 1 aromatic carbocycles. The summed E-state index contributed by atoms with van der Waals surface area (Å²) in [5.41, 5.74) is 2.51. The Morgan fingerprint density at radius 2 is 2.15 bits per heavy atom. The SMILES string of the molecule is CCCc1nc(NN)cc(Oc2ccc(Cl)cc2Br)n1. The molecule has 0 spiro atoms. The van der Waals surface area contributed by atoms with Gasteiger partial charge in [0.05, 0.1) is 4.47 Å². The fourth-order valence-electron chi connectivity index (χ4n) is 1.61. The molecular weight excluding hydrogens is 344 g/mol. The summed E-state index contributed by atoms with van der Waals surface area (Å²) >= 11 is 9.29. The molecule has 1 aromatic heterocycles. The van der Waals surface area contributed by atoms with Crippen molar-refractivity contribution in [2.24, 2.45) is 5.84 Å². The fourth-order valence-corrected chi connectivity index (χ4v) is 2.37. The molecule has 3 N–H and O–H groups in total. The number of benzene rings is 1. The molecule has 1 heterocycles. The lowest BCUT2D eigenvalue weighted by atomic mass is 10.3. The second kappa shape index (κ2) is 6.88. The van der Waals surface area contributed by atoms with E-state index in [1.54, 1.807) is 24.3 Å². The summed E-state index contributed by atoms with van der Waals surface area (Å²) in [6.07, 6.45) is 1.70. The maximum Gasteiger partial charge on any atom is 0.224 e. The van der Waals surface area contributed by atoms with Crippen molar-refractivity contribution in [3.63, 3.8) is 0 Å². The van der Waals surface area contributed by atoms with Gasteiger partial charge in [-0.05, 0) is 40.5 Å². The molecule has 2 aromatic rings. The van der Waals surface area contributed by atoms with Crippen molar-refractivity contribution < 1.29 is 4.74 Å². The van der Waals surface area contributed by atoms with Crippen LogP contribution < -0.4 is 16.0 Å². The van der Waals surface area contributed by atoms with Gasteiger partial charge in [0, 0.05) is 17.5 Å². The molecule has 106 valence electrons. The number of hydrogen-bond donors (Lipinski definition) is 2. The van der Waals surface area contributed by atoms with E-state index in [9.17, 15) is 0 Å². The van der Waals surface area contributed by atoms with Crippen LogP contribution in [0.3, 0.4) is 0 Å². The van der Waals surface area contributed by atoms with Crippen LogP contribution in [-0.4, -0.2) is 9.97 Å². The van der Waals surface area contributed by atoms with Gasteiger partial charge in [0.1, 0.15) is 17.4 Å². The topological polar surface area (TPSA) is 73.1 Å². The molecule has 20 heavy (non-hydrogen) atoms. The number of nitrogens with zero attached hydrogens (tertiary/aromatic N) is 2. The average molecular weight is 358 g/mol. The monoisotopic (exact) mass is 356 g/mol. The van der Waals surface area contributed by atoms with Crippen LogP contribution in [0.5, 0.6) is 11.6 Å². The first-order valence-corrected chi connectivity index (χ1v) is 7.27. The summed E-state index contributed by atoms with van der Waals surface area (Å²) in [6, 6.07) is 6.91. The van der Waals surface area contributed by atoms with Gasteiger partial charge >= 0.3 is 0 Å². The Balaban J connectivity index is 2.29. The smallest absolute Gasteiger partial charge is 0.224 e. The minimum Gasteiger partial charge on any atom is -0.438 e. The molecule has 0 fully saturated rings. The largest absolute Gasteiger partial charge is 0.438 e. The predicted octanol–water partition coefficient (Wildman–Crippen LogP) is 3.92. The Hall–Kier alpha value is -1.37. The molecule has 0 atom stereocenters. The summed E-state index contributed by atoms with van der Waals surface area (Å²) < 4.78 is 6.49. The number of hydrogen-bond acceptors (Lipinski definition) is 5. The minimum absolute atomic E-state index is 0.430. The molecule has 0 radical (unpaired) electrons. The lowest BCUT2D eigenvalue weighted by molar-refractivity contribution is 0.456. The van der Waals surface area contributed by atoms with E-state index in [1.165, 1.54) is 0 Å². The third-order valence-electron chi connectivity index (χ3n) is 2.48. The van der Waals surface area contributed by atoms with Gasteiger partial charge in [0.15, 0.2) is 0 Å². The van der Waals surface area contributed by atoms with Crippen LogP contribution in [0.1, 0.15) is 19.2 Å². The van der Waals surface area contributed by atoms with Crippen LogP contribution in [0.25, 0.3) is 0 Å². The highest BCUT2D eigenvalue weighted by Gasteiger charge is 2.08.